The molecule has 1 rings (SSSR count). The molecule has 0 spiro atoms. The first-order valence-corrected chi connectivity index (χ1v) is 7.22. The number of methoxy groups -OCH3 is 1. The number of sulfonamides is 1. The Balaban J connectivity index is 0.00000256. The second-order valence-electron chi connectivity index (χ2n) is 4.51. The first-order valence-electron chi connectivity index (χ1n) is 5.68. The number of nitrogens with one attached hydrogen (secondary N) is 2. The van der Waals surface area contributed by atoms with Crippen molar-refractivity contribution in [1.29, 1.82) is 0 Å². The summed E-state index contributed by atoms with van der Waals surface area (Å²) in [6, 6.07) is 0.0468. The van der Waals surface area contributed by atoms with E-state index in [4.69, 9.17) is 4.74 Å². The van der Waals surface area contributed by atoms with E-state index in [-0.39, 0.29) is 25.1 Å². The molecule has 0 bridgehead atoms. The molecule has 1 fully saturated rings. The lowest BCUT2D eigenvalue weighted by atomic mass is 9.97. The molecule has 3 unspecified atom stereocenters. The molecule has 104 valence electrons. The van der Waals surface area contributed by atoms with Crippen molar-refractivity contribution in [2.45, 2.75) is 31.6 Å². The number of hydrogen-bond donors (Lipinski definition) is 2. The van der Waals surface area contributed by atoms with Crippen molar-refractivity contribution in [1.82, 2.24) is 10.0 Å². The van der Waals surface area contributed by atoms with Crippen LogP contribution in [0.3, 0.4) is 0 Å². The van der Waals surface area contributed by atoms with Gasteiger partial charge in [0, 0.05) is 13.2 Å². The first kappa shape index (κ1) is 17.1. The van der Waals surface area contributed by atoms with E-state index in [0.29, 0.717) is 5.92 Å². The molecule has 1 saturated heterocycles. The molecule has 0 radical (unpaired) electrons. The zero-order valence-corrected chi connectivity index (χ0v) is 12.2. The maximum Gasteiger partial charge on any atom is 0.216 e. The second-order valence-corrected chi connectivity index (χ2v) is 6.64. The Morgan fingerprint density at radius 2 is 2.18 bits per heavy atom. The monoisotopic (exact) mass is 286 g/mol. The maximum atomic E-state index is 11.9. The standard InChI is InChI=1S/C10H22N2O3S.ClH/c1-8-6-11-5-4-10(8)12-16(13,14)9(2)7-15-3;/h8-12H,4-7H2,1-3H3;1H. The van der Waals surface area contributed by atoms with Crippen LogP contribution in [0.1, 0.15) is 20.3 Å². The van der Waals surface area contributed by atoms with Crippen molar-refractivity contribution in [3.8, 4) is 0 Å². The highest BCUT2D eigenvalue weighted by Crippen LogP contribution is 2.13. The van der Waals surface area contributed by atoms with Crippen LogP contribution in [0.2, 0.25) is 0 Å². The van der Waals surface area contributed by atoms with Crippen molar-refractivity contribution in [2.24, 2.45) is 5.92 Å². The summed E-state index contributed by atoms with van der Waals surface area (Å²) in [6.45, 7) is 5.69. The van der Waals surface area contributed by atoms with Crippen LogP contribution in [-0.2, 0) is 14.8 Å². The number of rotatable bonds is 5. The fraction of sp³-hybridized carbons (Fsp3) is 1.00. The number of ether oxygens (including phenoxy) is 1. The minimum Gasteiger partial charge on any atom is -0.383 e. The van der Waals surface area contributed by atoms with Gasteiger partial charge in [0.05, 0.1) is 11.9 Å². The van der Waals surface area contributed by atoms with Crippen LogP contribution in [0.4, 0.5) is 0 Å². The number of halogens is 1. The molecule has 1 aliphatic rings. The molecule has 5 nitrogen and oxygen atoms in total. The number of piperidine rings is 1. The van der Waals surface area contributed by atoms with Crippen molar-refractivity contribution in [3.63, 3.8) is 0 Å². The van der Waals surface area contributed by atoms with Gasteiger partial charge in [-0.25, -0.2) is 13.1 Å². The summed E-state index contributed by atoms with van der Waals surface area (Å²) >= 11 is 0. The third-order valence-corrected chi connectivity index (χ3v) is 4.86. The van der Waals surface area contributed by atoms with Crippen LogP contribution in [0.25, 0.3) is 0 Å². The van der Waals surface area contributed by atoms with E-state index >= 15 is 0 Å². The van der Waals surface area contributed by atoms with E-state index in [2.05, 4.69) is 17.0 Å². The molecule has 1 heterocycles. The Morgan fingerprint density at radius 1 is 1.53 bits per heavy atom. The molecule has 1 aliphatic heterocycles. The fourth-order valence-corrected chi connectivity index (χ4v) is 3.16. The largest absolute Gasteiger partial charge is 0.383 e. The molecule has 0 aliphatic carbocycles. The van der Waals surface area contributed by atoms with Gasteiger partial charge in [0.25, 0.3) is 0 Å². The van der Waals surface area contributed by atoms with Crippen molar-refractivity contribution < 1.29 is 13.2 Å². The van der Waals surface area contributed by atoms with Crippen LogP contribution in [0.15, 0.2) is 0 Å². The zero-order chi connectivity index (χ0) is 12.2. The highest BCUT2D eigenvalue weighted by atomic mass is 35.5. The zero-order valence-electron chi connectivity index (χ0n) is 10.6. The predicted octanol–water partition coefficient (Wildman–Crippen LogP) is 0.361. The molecular formula is C10H23ClN2O3S. The van der Waals surface area contributed by atoms with Gasteiger partial charge in [-0.1, -0.05) is 6.92 Å². The summed E-state index contributed by atoms with van der Waals surface area (Å²) < 4.78 is 31.5. The van der Waals surface area contributed by atoms with Gasteiger partial charge in [-0.3, -0.25) is 0 Å². The van der Waals surface area contributed by atoms with Crippen LogP contribution in [0.5, 0.6) is 0 Å². The van der Waals surface area contributed by atoms with E-state index in [0.717, 1.165) is 19.5 Å². The molecule has 3 atom stereocenters. The highest BCUT2D eigenvalue weighted by molar-refractivity contribution is 7.90. The van der Waals surface area contributed by atoms with Gasteiger partial charge in [0.2, 0.25) is 10.0 Å². The number of hydrogen-bond acceptors (Lipinski definition) is 4. The van der Waals surface area contributed by atoms with Gasteiger partial charge < -0.3 is 10.1 Å². The summed E-state index contributed by atoms with van der Waals surface area (Å²) in [7, 11) is -1.74. The Kier molecular flexibility index (Phi) is 7.58. The smallest absolute Gasteiger partial charge is 0.216 e. The molecule has 0 saturated carbocycles. The third kappa shape index (κ3) is 5.09. The molecule has 0 amide bonds. The molecular weight excluding hydrogens is 264 g/mol. The van der Waals surface area contributed by atoms with Gasteiger partial charge in [-0.15, -0.1) is 12.4 Å². The quantitative estimate of drug-likeness (QED) is 0.766. The predicted molar refractivity (Wildman–Crippen MR) is 71.1 cm³/mol. The Hall–Kier alpha value is 0.120. The van der Waals surface area contributed by atoms with Crippen LogP contribution in [-0.4, -0.2) is 46.5 Å². The molecule has 0 aromatic heterocycles. The van der Waals surface area contributed by atoms with Crippen molar-refractivity contribution in [2.75, 3.05) is 26.8 Å². The summed E-state index contributed by atoms with van der Waals surface area (Å²) in [5.41, 5.74) is 0. The minimum atomic E-state index is -3.26. The summed E-state index contributed by atoms with van der Waals surface area (Å²) in [4.78, 5) is 0. The van der Waals surface area contributed by atoms with Gasteiger partial charge in [0.15, 0.2) is 0 Å². The summed E-state index contributed by atoms with van der Waals surface area (Å²) in [5, 5.41) is 2.74. The van der Waals surface area contributed by atoms with E-state index in [1.165, 1.54) is 7.11 Å². The lowest BCUT2D eigenvalue weighted by molar-refractivity contribution is 0.199. The van der Waals surface area contributed by atoms with Gasteiger partial charge in [-0.2, -0.15) is 0 Å². The SMILES string of the molecule is COCC(C)S(=O)(=O)NC1CCNCC1C.Cl. The van der Waals surface area contributed by atoms with E-state index in [1.54, 1.807) is 6.92 Å². The van der Waals surface area contributed by atoms with Gasteiger partial charge in [-0.05, 0) is 32.4 Å². The molecule has 0 aromatic rings. The Bertz CT molecular complexity index is 311. The summed E-state index contributed by atoms with van der Waals surface area (Å²) in [6.07, 6.45) is 0.847. The third-order valence-electron chi connectivity index (χ3n) is 3.03. The van der Waals surface area contributed by atoms with Crippen molar-refractivity contribution in [3.05, 3.63) is 0 Å². The minimum absolute atomic E-state index is 0. The normalized spacial score (nSPS) is 27.2. The molecule has 2 N–H and O–H groups in total. The highest BCUT2D eigenvalue weighted by Gasteiger charge is 2.28. The topological polar surface area (TPSA) is 67.4 Å². The fourth-order valence-electron chi connectivity index (χ4n) is 1.84. The van der Waals surface area contributed by atoms with Gasteiger partial charge in [0.1, 0.15) is 0 Å². The molecule has 7 heteroatoms. The van der Waals surface area contributed by atoms with E-state index in [9.17, 15) is 8.42 Å². The van der Waals surface area contributed by atoms with E-state index < -0.39 is 15.3 Å². The molecule has 17 heavy (non-hydrogen) atoms. The Morgan fingerprint density at radius 3 is 2.71 bits per heavy atom. The summed E-state index contributed by atoms with van der Waals surface area (Å²) in [5.74, 6) is 0.332. The maximum absolute atomic E-state index is 11.9. The average Bonchev–Trinajstić information content (AvgIpc) is 2.21. The van der Waals surface area contributed by atoms with E-state index in [1.807, 2.05) is 0 Å². The molecule has 0 aromatic carbocycles. The lowest BCUT2D eigenvalue weighted by Crippen LogP contribution is -2.50. The first-order chi connectivity index (χ1) is 7.47. The van der Waals surface area contributed by atoms with Crippen molar-refractivity contribution >= 4 is 22.4 Å². The lowest BCUT2D eigenvalue weighted by Gasteiger charge is -2.30. The average molecular weight is 287 g/mol. The van der Waals surface area contributed by atoms with Crippen LogP contribution in [0, 0.1) is 5.92 Å². The van der Waals surface area contributed by atoms with Crippen LogP contribution >= 0.6 is 12.4 Å². The second kappa shape index (κ2) is 7.53. The van der Waals surface area contributed by atoms with Gasteiger partial charge >= 0.3 is 0 Å². The Labute approximate surface area is 110 Å². The van der Waals surface area contributed by atoms with Crippen LogP contribution < -0.4 is 10.0 Å².